The number of aromatic carboxylic acids is 1. The first-order valence-electron chi connectivity index (χ1n) is 5.60. The molecule has 2 aromatic rings. The fraction of sp³-hybridized carbons (Fsp3) is 0.273. The van der Waals surface area contributed by atoms with Crippen LogP contribution >= 0.6 is 11.3 Å². The number of rotatable bonds is 5. The number of sulfonamides is 1. The zero-order valence-electron chi connectivity index (χ0n) is 10.8. The Morgan fingerprint density at radius 3 is 2.75 bits per heavy atom. The van der Waals surface area contributed by atoms with Crippen LogP contribution < -0.4 is 4.72 Å². The fourth-order valence-corrected chi connectivity index (χ4v) is 3.48. The SMILES string of the molecule is Cc1csc(CNS(=O)(=O)c2cc(C(=O)O)n(C)c2)n1. The van der Waals surface area contributed by atoms with Gasteiger partial charge in [-0.2, -0.15) is 0 Å². The Bertz CT molecular complexity index is 746. The summed E-state index contributed by atoms with van der Waals surface area (Å²) in [6, 6.07) is 1.12. The van der Waals surface area contributed by atoms with Crippen molar-refractivity contribution in [3.8, 4) is 0 Å². The molecule has 2 aromatic heterocycles. The predicted molar refractivity (Wildman–Crippen MR) is 73.2 cm³/mol. The molecule has 0 atom stereocenters. The van der Waals surface area contributed by atoms with Gasteiger partial charge in [-0.15, -0.1) is 11.3 Å². The van der Waals surface area contributed by atoms with E-state index in [2.05, 4.69) is 9.71 Å². The van der Waals surface area contributed by atoms with Gasteiger partial charge in [0.25, 0.3) is 0 Å². The first-order valence-corrected chi connectivity index (χ1v) is 7.96. The molecule has 9 heteroatoms. The van der Waals surface area contributed by atoms with E-state index in [4.69, 9.17) is 5.11 Å². The largest absolute Gasteiger partial charge is 0.477 e. The highest BCUT2D eigenvalue weighted by Gasteiger charge is 2.20. The number of nitrogens with one attached hydrogen (secondary N) is 1. The molecule has 0 fully saturated rings. The normalized spacial score (nSPS) is 11.7. The van der Waals surface area contributed by atoms with Gasteiger partial charge in [0.15, 0.2) is 0 Å². The summed E-state index contributed by atoms with van der Waals surface area (Å²) in [5, 5.41) is 11.4. The van der Waals surface area contributed by atoms with Crippen LogP contribution in [0.25, 0.3) is 0 Å². The van der Waals surface area contributed by atoms with Gasteiger partial charge in [0.1, 0.15) is 15.6 Å². The summed E-state index contributed by atoms with van der Waals surface area (Å²) in [6.07, 6.45) is 1.26. The van der Waals surface area contributed by atoms with Gasteiger partial charge in [-0.3, -0.25) is 0 Å². The van der Waals surface area contributed by atoms with Crippen molar-refractivity contribution >= 4 is 27.3 Å². The van der Waals surface area contributed by atoms with Gasteiger partial charge in [0.2, 0.25) is 10.0 Å². The van der Waals surface area contributed by atoms with Gasteiger partial charge in [0.05, 0.1) is 6.54 Å². The second kappa shape index (κ2) is 5.35. The van der Waals surface area contributed by atoms with Crippen molar-refractivity contribution in [2.45, 2.75) is 18.4 Å². The molecule has 2 rings (SSSR count). The van der Waals surface area contributed by atoms with E-state index in [1.165, 1.54) is 29.1 Å². The minimum absolute atomic E-state index is 0.0781. The lowest BCUT2D eigenvalue weighted by atomic mass is 10.4. The lowest BCUT2D eigenvalue weighted by Gasteiger charge is -2.02. The summed E-state index contributed by atoms with van der Waals surface area (Å²) in [4.78, 5) is 15.0. The molecule has 0 amide bonds. The fourth-order valence-electron chi connectivity index (χ4n) is 1.62. The van der Waals surface area contributed by atoms with E-state index >= 15 is 0 Å². The summed E-state index contributed by atoms with van der Waals surface area (Å²) >= 11 is 1.36. The number of hydrogen-bond donors (Lipinski definition) is 2. The van der Waals surface area contributed by atoms with Gasteiger partial charge in [-0.1, -0.05) is 0 Å². The van der Waals surface area contributed by atoms with Crippen LogP contribution in [-0.4, -0.2) is 29.0 Å². The average Bonchev–Trinajstić information content (AvgIpc) is 2.93. The Kier molecular flexibility index (Phi) is 3.93. The molecule has 0 spiro atoms. The second-order valence-electron chi connectivity index (χ2n) is 4.18. The maximum absolute atomic E-state index is 12.1. The molecule has 2 N–H and O–H groups in total. The molecule has 0 radical (unpaired) electrons. The minimum Gasteiger partial charge on any atom is -0.477 e. The van der Waals surface area contributed by atoms with Crippen molar-refractivity contribution < 1.29 is 18.3 Å². The van der Waals surface area contributed by atoms with Crippen LogP contribution in [0.4, 0.5) is 0 Å². The van der Waals surface area contributed by atoms with Crippen LogP contribution in [0.5, 0.6) is 0 Å². The number of thiazole rings is 1. The third-order valence-electron chi connectivity index (χ3n) is 2.59. The van der Waals surface area contributed by atoms with E-state index in [1.807, 2.05) is 12.3 Å². The van der Waals surface area contributed by atoms with Crippen LogP contribution in [0.2, 0.25) is 0 Å². The first-order chi connectivity index (χ1) is 9.29. The number of carboxylic acids is 1. The average molecular weight is 315 g/mol. The summed E-state index contributed by atoms with van der Waals surface area (Å²) in [7, 11) is -2.27. The Hall–Kier alpha value is -1.71. The number of carbonyl (C=O) groups is 1. The zero-order chi connectivity index (χ0) is 14.9. The number of hydrogen-bond acceptors (Lipinski definition) is 5. The van der Waals surface area contributed by atoms with Gasteiger partial charge >= 0.3 is 5.97 Å². The van der Waals surface area contributed by atoms with Crippen LogP contribution in [0.3, 0.4) is 0 Å². The Labute approximate surface area is 119 Å². The number of aryl methyl sites for hydroxylation is 2. The summed E-state index contributed by atoms with van der Waals surface area (Å²) in [5.74, 6) is -1.18. The van der Waals surface area contributed by atoms with E-state index in [9.17, 15) is 13.2 Å². The van der Waals surface area contributed by atoms with Crippen molar-refractivity contribution in [3.05, 3.63) is 34.0 Å². The molecule has 0 aliphatic carbocycles. The third kappa shape index (κ3) is 3.06. The monoisotopic (exact) mass is 315 g/mol. The van der Waals surface area contributed by atoms with Crippen molar-refractivity contribution in [1.29, 1.82) is 0 Å². The van der Waals surface area contributed by atoms with Crippen molar-refractivity contribution in [2.24, 2.45) is 7.05 Å². The summed E-state index contributed by atoms with van der Waals surface area (Å²) in [5.41, 5.74) is 0.743. The predicted octanol–water partition coefficient (Wildman–Crippen LogP) is 0.967. The van der Waals surface area contributed by atoms with Crippen LogP contribution in [0.1, 0.15) is 21.2 Å². The standard InChI is InChI=1S/C11H13N3O4S2/c1-7-6-19-10(13-7)4-12-20(17,18)8-3-9(11(15)16)14(2)5-8/h3,5-6,12H,4H2,1-2H3,(H,15,16). The van der Waals surface area contributed by atoms with Gasteiger partial charge < -0.3 is 9.67 Å². The quantitative estimate of drug-likeness (QED) is 0.856. The molecule has 0 bridgehead atoms. The highest BCUT2D eigenvalue weighted by molar-refractivity contribution is 7.89. The molecule has 108 valence electrons. The molecular formula is C11H13N3O4S2. The molecule has 20 heavy (non-hydrogen) atoms. The highest BCUT2D eigenvalue weighted by atomic mass is 32.2. The Balaban J connectivity index is 2.18. The first kappa shape index (κ1) is 14.7. The Morgan fingerprint density at radius 1 is 1.55 bits per heavy atom. The molecule has 0 aromatic carbocycles. The third-order valence-corrected chi connectivity index (χ3v) is 4.92. The van der Waals surface area contributed by atoms with E-state index in [0.29, 0.717) is 5.01 Å². The molecule has 2 heterocycles. The van der Waals surface area contributed by atoms with Gasteiger partial charge in [-0.25, -0.2) is 22.9 Å². The molecule has 0 saturated carbocycles. The van der Waals surface area contributed by atoms with Gasteiger partial charge in [-0.05, 0) is 13.0 Å². The lowest BCUT2D eigenvalue weighted by molar-refractivity contribution is 0.0686. The second-order valence-corrected chi connectivity index (χ2v) is 6.89. The van der Waals surface area contributed by atoms with Crippen molar-refractivity contribution in [1.82, 2.24) is 14.3 Å². The zero-order valence-corrected chi connectivity index (χ0v) is 12.5. The van der Waals surface area contributed by atoms with Crippen LogP contribution in [-0.2, 0) is 23.6 Å². The van der Waals surface area contributed by atoms with E-state index in [0.717, 1.165) is 11.8 Å². The number of carboxylic acid groups (broad SMARTS) is 1. The smallest absolute Gasteiger partial charge is 0.352 e. The number of nitrogens with zero attached hydrogens (tertiary/aromatic N) is 2. The summed E-state index contributed by atoms with van der Waals surface area (Å²) < 4.78 is 27.8. The maximum atomic E-state index is 12.1. The lowest BCUT2D eigenvalue weighted by Crippen LogP contribution is -2.22. The summed E-state index contributed by atoms with van der Waals surface area (Å²) in [6.45, 7) is 1.91. The van der Waals surface area contributed by atoms with Crippen LogP contribution in [0.15, 0.2) is 22.5 Å². The molecular weight excluding hydrogens is 302 g/mol. The molecule has 0 unspecified atom stereocenters. The van der Waals surface area contributed by atoms with Crippen molar-refractivity contribution in [2.75, 3.05) is 0 Å². The Morgan fingerprint density at radius 2 is 2.25 bits per heavy atom. The minimum atomic E-state index is -3.75. The van der Waals surface area contributed by atoms with Crippen molar-refractivity contribution in [3.63, 3.8) is 0 Å². The number of aromatic nitrogens is 2. The van der Waals surface area contributed by atoms with Crippen LogP contribution in [0, 0.1) is 6.92 Å². The molecule has 0 saturated heterocycles. The van der Waals surface area contributed by atoms with Gasteiger partial charge in [0, 0.05) is 24.3 Å². The van der Waals surface area contributed by atoms with E-state index < -0.39 is 16.0 Å². The highest BCUT2D eigenvalue weighted by Crippen LogP contribution is 2.15. The topological polar surface area (TPSA) is 101 Å². The van der Waals surface area contributed by atoms with E-state index in [1.54, 1.807) is 0 Å². The molecule has 0 aliphatic heterocycles. The maximum Gasteiger partial charge on any atom is 0.352 e. The molecule has 0 aliphatic rings. The van der Waals surface area contributed by atoms with E-state index in [-0.39, 0.29) is 17.1 Å². The molecule has 7 nitrogen and oxygen atoms in total.